The Bertz CT molecular complexity index is 375. The van der Waals surface area contributed by atoms with Crippen LogP contribution in [0.4, 0.5) is 0 Å². The van der Waals surface area contributed by atoms with Crippen molar-refractivity contribution in [2.75, 3.05) is 0 Å². The molecule has 14 heavy (non-hydrogen) atoms. The standard InChI is InChI=1S/C9H11NO4/c1-5-7(11)3-4-8(12)10(5)6(2)9(13)14/h3-4,6H,1-2H3,(H2,11,13,14)/p+1/t6-/m1/s1. The van der Waals surface area contributed by atoms with Crippen LogP contribution in [0.5, 0.6) is 11.6 Å². The normalized spacial score (nSPS) is 12.4. The van der Waals surface area contributed by atoms with Crippen molar-refractivity contribution < 1.29 is 24.7 Å². The number of carboxylic acid groups (broad SMARTS) is 1. The maximum Gasteiger partial charge on any atom is 0.373 e. The van der Waals surface area contributed by atoms with Crippen LogP contribution in [0.15, 0.2) is 12.1 Å². The van der Waals surface area contributed by atoms with Crippen LogP contribution in [-0.4, -0.2) is 21.3 Å². The Hall–Kier alpha value is -1.78. The molecular formula is C9H12NO4+. The molecule has 0 unspecified atom stereocenters. The van der Waals surface area contributed by atoms with E-state index in [2.05, 4.69) is 0 Å². The molecule has 0 spiro atoms. The third-order valence-electron chi connectivity index (χ3n) is 2.11. The molecule has 0 aliphatic rings. The number of aliphatic carboxylic acids is 1. The molecule has 1 heterocycles. The highest BCUT2D eigenvalue weighted by Crippen LogP contribution is 2.17. The summed E-state index contributed by atoms with van der Waals surface area (Å²) in [5.74, 6) is -1.30. The summed E-state index contributed by atoms with van der Waals surface area (Å²) in [6.07, 6.45) is 0. The van der Waals surface area contributed by atoms with Gasteiger partial charge in [0.05, 0.1) is 6.07 Å². The van der Waals surface area contributed by atoms with Crippen molar-refractivity contribution in [2.45, 2.75) is 19.9 Å². The topological polar surface area (TPSA) is 81.6 Å². The van der Waals surface area contributed by atoms with Gasteiger partial charge < -0.3 is 15.3 Å². The second kappa shape index (κ2) is 3.53. The zero-order valence-corrected chi connectivity index (χ0v) is 7.93. The summed E-state index contributed by atoms with van der Waals surface area (Å²) < 4.78 is 1.15. The molecule has 0 radical (unpaired) electrons. The molecular weight excluding hydrogens is 186 g/mol. The van der Waals surface area contributed by atoms with Gasteiger partial charge in [-0.3, -0.25) is 0 Å². The van der Waals surface area contributed by atoms with Gasteiger partial charge in [0.15, 0.2) is 5.75 Å². The van der Waals surface area contributed by atoms with Crippen LogP contribution in [0.1, 0.15) is 18.7 Å². The number of nitrogens with zero attached hydrogens (tertiary/aromatic N) is 1. The summed E-state index contributed by atoms with van der Waals surface area (Å²) in [6.45, 7) is 2.96. The first-order valence-corrected chi connectivity index (χ1v) is 4.11. The van der Waals surface area contributed by atoms with Gasteiger partial charge in [-0.2, -0.15) is 0 Å². The Morgan fingerprint density at radius 2 is 2.00 bits per heavy atom. The van der Waals surface area contributed by atoms with Gasteiger partial charge >= 0.3 is 11.8 Å². The summed E-state index contributed by atoms with van der Waals surface area (Å²) in [6, 6.07) is 1.65. The van der Waals surface area contributed by atoms with Crippen molar-refractivity contribution in [1.29, 1.82) is 0 Å². The minimum Gasteiger partial charge on any atom is -0.503 e. The van der Waals surface area contributed by atoms with E-state index in [1.807, 2.05) is 0 Å². The van der Waals surface area contributed by atoms with Gasteiger partial charge in [-0.1, -0.05) is 0 Å². The highest BCUT2D eigenvalue weighted by Gasteiger charge is 2.28. The maximum atomic E-state index is 10.7. The first-order valence-electron chi connectivity index (χ1n) is 4.11. The van der Waals surface area contributed by atoms with Crippen molar-refractivity contribution >= 4 is 5.97 Å². The largest absolute Gasteiger partial charge is 0.503 e. The molecule has 0 aliphatic carbocycles. The Balaban J connectivity index is 3.32. The molecule has 0 aliphatic heterocycles. The Kier molecular flexibility index (Phi) is 2.60. The average Bonchev–Trinajstić information content (AvgIpc) is 2.12. The van der Waals surface area contributed by atoms with Crippen LogP contribution in [0, 0.1) is 6.92 Å². The summed E-state index contributed by atoms with van der Waals surface area (Å²) in [5, 5.41) is 27.5. The molecule has 0 amide bonds. The van der Waals surface area contributed by atoms with Crippen LogP contribution in [0.25, 0.3) is 0 Å². The molecule has 1 aromatic heterocycles. The molecule has 0 saturated heterocycles. The third kappa shape index (κ3) is 1.61. The lowest BCUT2D eigenvalue weighted by atomic mass is 10.2. The Morgan fingerprint density at radius 1 is 1.43 bits per heavy atom. The summed E-state index contributed by atoms with van der Waals surface area (Å²) in [4.78, 5) is 10.7. The van der Waals surface area contributed by atoms with E-state index >= 15 is 0 Å². The van der Waals surface area contributed by atoms with Gasteiger partial charge in [-0.05, 0) is 6.07 Å². The minimum absolute atomic E-state index is 0.0455. The number of hydrogen-bond acceptors (Lipinski definition) is 3. The second-order valence-corrected chi connectivity index (χ2v) is 3.05. The van der Waals surface area contributed by atoms with Gasteiger partial charge in [-0.15, -0.1) is 4.57 Å². The average molecular weight is 198 g/mol. The van der Waals surface area contributed by atoms with E-state index in [9.17, 15) is 15.0 Å². The third-order valence-corrected chi connectivity index (χ3v) is 2.11. The van der Waals surface area contributed by atoms with E-state index in [0.717, 1.165) is 4.57 Å². The molecule has 0 aromatic carbocycles. The molecule has 0 bridgehead atoms. The van der Waals surface area contributed by atoms with E-state index in [1.54, 1.807) is 0 Å². The van der Waals surface area contributed by atoms with Gasteiger partial charge in [0, 0.05) is 13.8 Å². The van der Waals surface area contributed by atoms with Crippen LogP contribution < -0.4 is 4.57 Å². The van der Waals surface area contributed by atoms with E-state index < -0.39 is 12.0 Å². The zero-order valence-electron chi connectivity index (χ0n) is 7.93. The predicted molar refractivity (Wildman–Crippen MR) is 47.1 cm³/mol. The number of pyridine rings is 1. The van der Waals surface area contributed by atoms with Crippen LogP contribution >= 0.6 is 0 Å². The molecule has 0 saturated carbocycles. The molecule has 5 heteroatoms. The quantitative estimate of drug-likeness (QED) is 0.598. The first kappa shape index (κ1) is 10.3. The first-order chi connectivity index (χ1) is 6.45. The zero-order chi connectivity index (χ0) is 10.9. The predicted octanol–water partition coefficient (Wildman–Crippen LogP) is 0.339. The fraction of sp³-hybridized carbons (Fsp3) is 0.333. The monoisotopic (exact) mass is 198 g/mol. The summed E-state index contributed by atoms with van der Waals surface area (Å²) in [5.41, 5.74) is 0.319. The van der Waals surface area contributed by atoms with Crippen molar-refractivity contribution in [3.8, 4) is 11.6 Å². The maximum absolute atomic E-state index is 10.7. The molecule has 0 fully saturated rings. The second-order valence-electron chi connectivity index (χ2n) is 3.05. The van der Waals surface area contributed by atoms with Gasteiger partial charge in [0.2, 0.25) is 5.69 Å². The number of hydrogen-bond donors (Lipinski definition) is 3. The summed E-state index contributed by atoms with van der Waals surface area (Å²) >= 11 is 0. The van der Waals surface area contributed by atoms with Crippen LogP contribution in [0.3, 0.4) is 0 Å². The number of aromatic nitrogens is 1. The fourth-order valence-corrected chi connectivity index (χ4v) is 1.25. The Morgan fingerprint density at radius 3 is 2.50 bits per heavy atom. The molecule has 1 rings (SSSR count). The highest BCUT2D eigenvalue weighted by atomic mass is 16.4. The van der Waals surface area contributed by atoms with Gasteiger partial charge in [0.1, 0.15) is 0 Å². The number of aromatic hydroxyl groups is 2. The lowest BCUT2D eigenvalue weighted by Gasteiger charge is -2.06. The lowest BCUT2D eigenvalue weighted by Crippen LogP contribution is -2.44. The van der Waals surface area contributed by atoms with Gasteiger partial charge in [0.25, 0.3) is 6.04 Å². The van der Waals surface area contributed by atoms with Crippen LogP contribution in [0.2, 0.25) is 0 Å². The van der Waals surface area contributed by atoms with Crippen molar-refractivity contribution in [3.63, 3.8) is 0 Å². The molecule has 5 nitrogen and oxygen atoms in total. The minimum atomic E-state index is -1.07. The van der Waals surface area contributed by atoms with E-state index in [4.69, 9.17) is 5.11 Å². The molecule has 1 atom stereocenters. The molecule has 3 N–H and O–H groups in total. The lowest BCUT2D eigenvalue weighted by molar-refractivity contribution is -0.718. The SMILES string of the molecule is Cc1c(O)ccc(O)[n+]1[C@H](C)C(=O)O. The smallest absolute Gasteiger partial charge is 0.373 e. The fourth-order valence-electron chi connectivity index (χ4n) is 1.25. The molecule has 1 aromatic rings. The van der Waals surface area contributed by atoms with E-state index in [1.165, 1.54) is 26.0 Å². The van der Waals surface area contributed by atoms with Crippen molar-refractivity contribution in [2.24, 2.45) is 0 Å². The van der Waals surface area contributed by atoms with Gasteiger partial charge in [-0.25, -0.2) is 4.79 Å². The number of carbonyl (C=O) groups is 1. The number of carboxylic acids is 1. The highest BCUT2D eigenvalue weighted by molar-refractivity contribution is 5.69. The Labute approximate surface area is 80.9 Å². The molecule has 76 valence electrons. The summed E-state index contributed by atoms with van der Waals surface area (Å²) in [7, 11) is 0. The van der Waals surface area contributed by atoms with Crippen molar-refractivity contribution in [1.82, 2.24) is 0 Å². The van der Waals surface area contributed by atoms with E-state index in [-0.39, 0.29) is 11.6 Å². The van der Waals surface area contributed by atoms with Crippen molar-refractivity contribution in [3.05, 3.63) is 17.8 Å². The van der Waals surface area contributed by atoms with Crippen LogP contribution in [-0.2, 0) is 4.79 Å². The van der Waals surface area contributed by atoms with E-state index in [0.29, 0.717) is 5.69 Å². The number of rotatable bonds is 2.